The minimum atomic E-state index is -0.436. The first-order valence-electron chi connectivity index (χ1n) is 9.80. The molecule has 4 rings (SSSR count). The fourth-order valence-corrected chi connectivity index (χ4v) is 5.43. The molecule has 6 nitrogen and oxygen atoms in total. The number of nitrogens with one attached hydrogen (secondary N) is 1. The highest BCUT2D eigenvalue weighted by Crippen LogP contribution is 2.39. The Morgan fingerprint density at radius 3 is 2.76 bits per heavy atom. The number of methoxy groups -OCH3 is 1. The zero-order chi connectivity index (χ0) is 20.5. The van der Waals surface area contributed by atoms with Gasteiger partial charge in [0, 0.05) is 23.5 Å². The second-order valence-corrected chi connectivity index (χ2v) is 8.87. The third-order valence-electron chi connectivity index (χ3n) is 5.74. The van der Waals surface area contributed by atoms with Gasteiger partial charge in [0.15, 0.2) is 0 Å². The van der Waals surface area contributed by atoms with Crippen molar-refractivity contribution in [3.05, 3.63) is 40.3 Å². The zero-order valence-corrected chi connectivity index (χ0v) is 17.3. The standard InChI is InChI=1S/C22H23N3O3S/c1-13-3-8-17-18(11-23)22(29-19(17)9-13)24-21(27)14-10-20(26)25(12-14)15-4-6-16(28-2)7-5-15/h4-7,13-14H,3,8-10,12H2,1-2H3,(H,24,27). The Balaban J connectivity index is 1.48. The molecule has 0 bridgehead atoms. The minimum absolute atomic E-state index is 0.0740. The van der Waals surface area contributed by atoms with Gasteiger partial charge in [-0.2, -0.15) is 5.26 Å². The van der Waals surface area contributed by atoms with Crippen LogP contribution in [-0.4, -0.2) is 25.5 Å². The number of nitriles is 1. The summed E-state index contributed by atoms with van der Waals surface area (Å²) >= 11 is 1.51. The van der Waals surface area contributed by atoms with E-state index < -0.39 is 5.92 Å². The number of amides is 2. The lowest BCUT2D eigenvalue weighted by Gasteiger charge is -2.17. The molecule has 2 aliphatic rings. The Bertz CT molecular complexity index is 990. The van der Waals surface area contributed by atoms with Crippen LogP contribution in [0.2, 0.25) is 0 Å². The van der Waals surface area contributed by atoms with Crippen LogP contribution in [0.1, 0.15) is 35.8 Å². The quantitative estimate of drug-likeness (QED) is 0.834. The molecule has 1 aliphatic carbocycles. The average Bonchev–Trinajstić information content (AvgIpc) is 3.27. The fraction of sp³-hybridized carbons (Fsp3) is 0.409. The number of rotatable bonds is 4. The predicted molar refractivity (Wildman–Crippen MR) is 112 cm³/mol. The van der Waals surface area contributed by atoms with Crippen LogP contribution < -0.4 is 15.0 Å². The molecule has 2 amide bonds. The molecule has 2 atom stereocenters. The number of carbonyl (C=O) groups excluding carboxylic acids is 2. The number of carbonyl (C=O) groups is 2. The Hall–Kier alpha value is -2.85. The summed E-state index contributed by atoms with van der Waals surface area (Å²) in [6.45, 7) is 2.55. The molecule has 1 saturated heterocycles. The van der Waals surface area contributed by atoms with Crippen LogP contribution in [0.15, 0.2) is 24.3 Å². The van der Waals surface area contributed by atoms with Gasteiger partial charge in [-0.15, -0.1) is 11.3 Å². The molecule has 1 fully saturated rings. The van der Waals surface area contributed by atoms with Gasteiger partial charge in [0.05, 0.1) is 18.6 Å². The minimum Gasteiger partial charge on any atom is -0.497 e. The second kappa shape index (κ2) is 7.88. The highest BCUT2D eigenvalue weighted by Gasteiger charge is 2.36. The van der Waals surface area contributed by atoms with E-state index in [-0.39, 0.29) is 18.2 Å². The van der Waals surface area contributed by atoms with E-state index in [1.54, 1.807) is 24.1 Å². The van der Waals surface area contributed by atoms with E-state index in [4.69, 9.17) is 4.74 Å². The number of hydrogen-bond donors (Lipinski definition) is 1. The van der Waals surface area contributed by atoms with E-state index in [0.29, 0.717) is 23.0 Å². The van der Waals surface area contributed by atoms with E-state index in [1.807, 2.05) is 12.1 Å². The molecule has 1 N–H and O–H groups in total. The number of hydrogen-bond acceptors (Lipinski definition) is 5. The third kappa shape index (κ3) is 3.73. The van der Waals surface area contributed by atoms with Crippen molar-refractivity contribution in [2.24, 2.45) is 11.8 Å². The van der Waals surface area contributed by atoms with Crippen molar-refractivity contribution in [1.82, 2.24) is 0 Å². The van der Waals surface area contributed by atoms with Crippen LogP contribution >= 0.6 is 11.3 Å². The maximum Gasteiger partial charge on any atom is 0.230 e. The second-order valence-electron chi connectivity index (χ2n) is 7.76. The molecule has 7 heteroatoms. The molecule has 0 spiro atoms. The monoisotopic (exact) mass is 409 g/mol. The van der Waals surface area contributed by atoms with E-state index in [1.165, 1.54) is 16.2 Å². The summed E-state index contributed by atoms with van der Waals surface area (Å²) in [6, 6.07) is 9.51. The molecule has 150 valence electrons. The van der Waals surface area contributed by atoms with Crippen molar-refractivity contribution in [1.29, 1.82) is 5.26 Å². The van der Waals surface area contributed by atoms with Crippen molar-refractivity contribution in [3.63, 3.8) is 0 Å². The van der Waals surface area contributed by atoms with Gasteiger partial charge in [0.2, 0.25) is 11.8 Å². The van der Waals surface area contributed by atoms with Gasteiger partial charge in [0.1, 0.15) is 16.8 Å². The lowest BCUT2D eigenvalue weighted by Crippen LogP contribution is -2.28. The van der Waals surface area contributed by atoms with E-state index in [2.05, 4.69) is 18.3 Å². The van der Waals surface area contributed by atoms with Gasteiger partial charge < -0.3 is 15.0 Å². The summed E-state index contributed by atoms with van der Waals surface area (Å²) in [5.41, 5.74) is 2.44. The molecule has 0 radical (unpaired) electrons. The fourth-order valence-electron chi connectivity index (χ4n) is 4.07. The molecule has 1 aliphatic heterocycles. The van der Waals surface area contributed by atoms with Gasteiger partial charge >= 0.3 is 0 Å². The van der Waals surface area contributed by atoms with Gasteiger partial charge in [-0.05, 0) is 55.0 Å². The van der Waals surface area contributed by atoms with Crippen molar-refractivity contribution in [2.45, 2.75) is 32.6 Å². The summed E-state index contributed by atoms with van der Waals surface area (Å²) in [6.07, 6.45) is 3.08. The van der Waals surface area contributed by atoms with Crippen molar-refractivity contribution >= 4 is 33.8 Å². The highest BCUT2D eigenvalue weighted by molar-refractivity contribution is 7.16. The van der Waals surface area contributed by atoms with Crippen LogP contribution in [0.4, 0.5) is 10.7 Å². The van der Waals surface area contributed by atoms with E-state index in [0.717, 1.165) is 36.3 Å². The van der Waals surface area contributed by atoms with Gasteiger partial charge in [-0.25, -0.2) is 0 Å². The molecule has 29 heavy (non-hydrogen) atoms. The predicted octanol–water partition coefficient (Wildman–Crippen LogP) is 3.74. The molecular weight excluding hydrogens is 386 g/mol. The van der Waals surface area contributed by atoms with Crippen LogP contribution in [-0.2, 0) is 22.4 Å². The molecular formula is C22H23N3O3S. The first-order valence-corrected chi connectivity index (χ1v) is 10.6. The number of thiophene rings is 1. The van der Waals surface area contributed by atoms with Crippen LogP contribution in [0.3, 0.4) is 0 Å². The number of benzene rings is 1. The smallest absolute Gasteiger partial charge is 0.230 e. The first-order chi connectivity index (χ1) is 14.0. The molecule has 1 aromatic heterocycles. The average molecular weight is 410 g/mol. The summed E-state index contributed by atoms with van der Waals surface area (Å²) in [7, 11) is 1.59. The lowest BCUT2D eigenvalue weighted by molar-refractivity contribution is -0.122. The summed E-state index contributed by atoms with van der Waals surface area (Å²) in [4.78, 5) is 28.2. The topological polar surface area (TPSA) is 82.4 Å². The van der Waals surface area contributed by atoms with Crippen LogP contribution in [0.25, 0.3) is 0 Å². The Labute approximate surface area is 174 Å². The number of nitrogens with zero attached hydrogens (tertiary/aromatic N) is 2. The summed E-state index contributed by atoms with van der Waals surface area (Å²) < 4.78 is 5.15. The van der Waals surface area contributed by atoms with Crippen molar-refractivity contribution < 1.29 is 14.3 Å². The summed E-state index contributed by atoms with van der Waals surface area (Å²) in [5.74, 6) is 0.610. The normalized spacial score (nSPS) is 20.9. The highest BCUT2D eigenvalue weighted by atomic mass is 32.1. The van der Waals surface area contributed by atoms with Crippen LogP contribution in [0.5, 0.6) is 5.75 Å². The first kappa shape index (κ1) is 19.5. The van der Waals surface area contributed by atoms with Gasteiger partial charge in [0.25, 0.3) is 0 Å². The molecule has 0 saturated carbocycles. The van der Waals surface area contributed by atoms with Crippen LogP contribution in [0, 0.1) is 23.2 Å². The zero-order valence-electron chi connectivity index (χ0n) is 16.5. The van der Waals surface area contributed by atoms with Crippen molar-refractivity contribution in [3.8, 4) is 11.8 Å². The summed E-state index contributed by atoms with van der Waals surface area (Å²) in [5, 5.41) is 13.2. The van der Waals surface area contributed by atoms with Gasteiger partial charge in [-0.3, -0.25) is 9.59 Å². The van der Waals surface area contributed by atoms with E-state index in [9.17, 15) is 14.9 Å². The molecule has 1 aromatic carbocycles. The Morgan fingerprint density at radius 2 is 2.07 bits per heavy atom. The number of anilines is 2. The molecule has 2 heterocycles. The SMILES string of the molecule is COc1ccc(N2CC(C(=O)Nc3sc4c(c3C#N)CCC(C)C4)CC2=O)cc1. The Morgan fingerprint density at radius 1 is 1.31 bits per heavy atom. The maximum atomic E-state index is 12.9. The van der Waals surface area contributed by atoms with Gasteiger partial charge in [-0.1, -0.05) is 6.92 Å². The lowest BCUT2D eigenvalue weighted by atomic mass is 9.88. The number of fused-ring (bicyclic) bond motifs is 1. The number of ether oxygens (including phenoxy) is 1. The molecule has 2 aromatic rings. The maximum absolute atomic E-state index is 12.9. The molecule has 2 unspecified atom stereocenters. The third-order valence-corrected chi connectivity index (χ3v) is 6.91. The Kier molecular flexibility index (Phi) is 5.29. The van der Waals surface area contributed by atoms with Crippen molar-refractivity contribution in [2.75, 3.05) is 23.9 Å². The van der Waals surface area contributed by atoms with E-state index >= 15 is 0 Å². The largest absolute Gasteiger partial charge is 0.497 e.